The lowest BCUT2D eigenvalue weighted by atomic mass is 10.1. The van der Waals surface area contributed by atoms with Gasteiger partial charge < -0.3 is 5.32 Å². The van der Waals surface area contributed by atoms with E-state index >= 15 is 0 Å². The molecule has 0 amide bonds. The van der Waals surface area contributed by atoms with Crippen molar-refractivity contribution in [2.24, 2.45) is 5.14 Å². The lowest BCUT2D eigenvalue weighted by Gasteiger charge is -2.06. The molecular formula is C17H22N2O2S. The molecule has 0 saturated carbocycles. The zero-order chi connectivity index (χ0) is 16.0. The van der Waals surface area contributed by atoms with Crippen LogP contribution in [0.4, 0.5) is 0 Å². The fourth-order valence-corrected chi connectivity index (χ4v) is 2.72. The van der Waals surface area contributed by atoms with Gasteiger partial charge in [-0.15, -0.1) is 0 Å². The summed E-state index contributed by atoms with van der Waals surface area (Å²) in [7, 11) is -3.60. The molecule has 22 heavy (non-hydrogen) atoms. The fraction of sp³-hybridized carbons (Fsp3) is 0.294. The van der Waals surface area contributed by atoms with E-state index in [-0.39, 0.29) is 4.90 Å². The van der Waals surface area contributed by atoms with Gasteiger partial charge in [-0.25, -0.2) is 13.6 Å². The van der Waals surface area contributed by atoms with Crippen molar-refractivity contribution in [3.05, 3.63) is 65.2 Å². The molecule has 2 aromatic rings. The van der Waals surface area contributed by atoms with Gasteiger partial charge in [0.2, 0.25) is 10.0 Å². The summed E-state index contributed by atoms with van der Waals surface area (Å²) in [5, 5.41) is 8.46. The summed E-state index contributed by atoms with van der Waals surface area (Å²) in [6.45, 7) is 3.82. The van der Waals surface area contributed by atoms with Gasteiger partial charge >= 0.3 is 0 Å². The van der Waals surface area contributed by atoms with Crippen molar-refractivity contribution in [1.29, 1.82) is 0 Å². The van der Waals surface area contributed by atoms with Crippen molar-refractivity contribution in [2.45, 2.75) is 31.2 Å². The average Bonchev–Trinajstić information content (AvgIpc) is 2.52. The third-order valence-corrected chi connectivity index (χ3v) is 4.53. The SMILES string of the molecule is CCc1ccc(CNCCc2ccc(S(N)(=O)=O)cc2)cc1. The predicted octanol–water partition coefficient (Wildman–Crippen LogP) is 2.23. The Morgan fingerprint density at radius 1 is 0.909 bits per heavy atom. The van der Waals surface area contributed by atoms with Gasteiger partial charge in [0, 0.05) is 6.54 Å². The van der Waals surface area contributed by atoms with Gasteiger partial charge in [0.05, 0.1) is 4.90 Å². The molecular weight excluding hydrogens is 296 g/mol. The first kappa shape index (κ1) is 16.7. The van der Waals surface area contributed by atoms with E-state index < -0.39 is 10.0 Å². The van der Waals surface area contributed by atoms with E-state index in [0.29, 0.717) is 0 Å². The van der Waals surface area contributed by atoms with Gasteiger partial charge in [-0.05, 0) is 48.2 Å². The van der Waals surface area contributed by atoms with Crippen LogP contribution in [0.3, 0.4) is 0 Å². The molecule has 0 aromatic heterocycles. The van der Waals surface area contributed by atoms with Crippen LogP contribution in [0, 0.1) is 0 Å². The Balaban J connectivity index is 1.78. The molecule has 0 unspecified atom stereocenters. The minimum atomic E-state index is -3.60. The number of primary sulfonamides is 1. The summed E-state index contributed by atoms with van der Waals surface area (Å²) in [5.41, 5.74) is 3.70. The Labute approximate surface area is 132 Å². The van der Waals surface area contributed by atoms with E-state index in [1.54, 1.807) is 24.3 Å². The number of nitrogens with one attached hydrogen (secondary N) is 1. The maximum atomic E-state index is 11.2. The van der Waals surface area contributed by atoms with Gasteiger partial charge in [0.25, 0.3) is 0 Å². The van der Waals surface area contributed by atoms with E-state index in [0.717, 1.165) is 31.5 Å². The van der Waals surface area contributed by atoms with Crippen LogP contribution >= 0.6 is 0 Å². The number of rotatable bonds is 7. The Morgan fingerprint density at radius 3 is 2.00 bits per heavy atom. The summed E-state index contributed by atoms with van der Waals surface area (Å²) in [6.07, 6.45) is 1.90. The first-order valence-corrected chi connectivity index (χ1v) is 8.94. The van der Waals surface area contributed by atoms with Crippen LogP contribution in [0.2, 0.25) is 0 Å². The summed E-state index contributed by atoms with van der Waals surface area (Å²) in [5.74, 6) is 0. The van der Waals surface area contributed by atoms with Crippen molar-refractivity contribution < 1.29 is 8.42 Å². The molecule has 5 heteroatoms. The van der Waals surface area contributed by atoms with E-state index in [2.05, 4.69) is 36.5 Å². The number of nitrogens with two attached hydrogens (primary N) is 1. The smallest absolute Gasteiger partial charge is 0.238 e. The van der Waals surface area contributed by atoms with Gasteiger partial charge in [-0.2, -0.15) is 0 Å². The zero-order valence-electron chi connectivity index (χ0n) is 12.7. The first-order chi connectivity index (χ1) is 10.5. The molecule has 2 rings (SSSR count). The van der Waals surface area contributed by atoms with Crippen molar-refractivity contribution >= 4 is 10.0 Å². The topological polar surface area (TPSA) is 72.2 Å². The molecule has 0 bridgehead atoms. The number of hydrogen-bond acceptors (Lipinski definition) is 3. The van der Waals surface area contributed by atoms with Crippen LogP contribution in [-0.2, 0) is 29.4 Å². The standard InChI is InChI=1S/C17H22N2O2S/c1-2-14-3-5-16(6-4-14)13-19-12-11-15-7-9-17(10-8-15)22(18,20)21/h3-10,19H,2,11-13H2,1H3,(H2,18,20,21). The second kappa shape index (κ2) is 7.54. The largest absolute Gasteiger partial charge is 0.312 e. The molecule has 0 fully saturated rings. The van der Waals surface area contributed by atoms with Crippen LogP contribution in [0.15, 0.2) is 53.4 Å². The maximum Gasteiger partial charge on any atom is 0.238 e. The normalized spacial score (nSPS) is 11.5. The highest BCUT2D eigenvalue weighted by molar-refractivity contribution is 7.89. The highest BCUT2D eigenvalue weighted by atomic mass is 32.2. The molecule has 0 spiro atoms. The Kier molecular flexibility index (Phi) is 5.71. The van der Waals surface area contributed by atoms with Crippen LogP contribution in [0.25, 0.3) is 0 Å². The van der Waals surface area contributed by atoms with Gasteiger partial charge in [-0.3, -0.25) is 0 Å². The minimum absolute atomic E-state index is 0.153. The third kappa shape index (κ3) is 4.94. The zero-order valence-corrected chi connectivity index (χ0v) is 13.6. The lowest BCUT2D eigenvalue weighted by molar-refractivity contribution is 0.597. The lowest BCUT2D eigenvalue weighted by Crippen LogP contribution is -2.17. The number of hydrogen-bond donors (Lipinski definition) is 2. The molecule has 0 radical (unpaired) electrons. The summed E-state index contributed by atoms with van der Waals surface area (Å²) < 4.78 is 22.3. The Bertz CT molecular complexity index is 692. The second-order valence-electron chi connectivity index (χ2n) is 5.29. The maximum absolute atomic E-state index is 11.2. The average molecular weight is 318 g/mol. The second-order valence-corrected chi connectivity index (χ2v) is 6.85. The highest BCUT2D eigenvalue weighted by Crippen LogP contribution is 2.09. The molecule has 118 valence electrons. The van der Waals surface area contributed by atoms with Crippen LogP contribution < -0.4 is 10.5 Å². The highest BCUT2D eigenvalue weighted by Gasteiger charge is 2.06. The molecule has 4 nitrogen and oxygen atoms in total. The molecule has 0 aliphatic heterocycles. The Hall–Kier alpha value is -1.69. The summed E-state index contributed by atoms with van der Waals surface area (Å²) in [4.78, 5) is 0.153. The molecule has 0 heterocycles. The van der Waals surface area contributed by atoms with Crippen molar-refractivity contribution in [3.8, 4) is 0 Å². The number of benzene rings is 2. The van der Waals surface area contributed by atoms with E-state index in [4.69, 9.17) is 5.14 Å². The molecule has 0 aliphatic carbocycles. The van der Waals surface area contributed by atoms with E-state index in [9.17, 15) is 8.42 Å². The Morgan fingerprint density at radius 2 is 1.45 bits per heavy atom. The molecule has 0 atom stereocenters. The van der Waals surface area contributed by atoms with Crippen LogP contribution in [-0.4, -0.2) is 15.0 Å². The monoisotopic (exact) mass is 318 g/mol. The van der Waals surface area contributed by atoms with Gasteiger partial charge in [-0.1, -0.05) is 43.3 Å². The quantitative estimate of drug-likeness (QED) is 0.769. The number of sulfonamides is 1. The minimum Gasteiger partial charge on any atom is -0.312 e. The molecule has 2 aromatic carbocycles. The molecule has 3 N–H and O–H groups in total. The summed E-state index contributed by atoms with van der Waals surface area (Å²) >= 11 is 0. The van der Waals surface area contributed by atoms with E-state index in [1.165, 1.54) is 11.1 Å². The first-order valence-electron chi connectivity index (χ1n) is 7.39. The van der Waals surface area contributed by atoms with Crippen molar-refractivity contribution in [3.63, 3.8) is 0 Å². The van der Waals surface area contributed by atoms with E-state index in [1.807, 2.05) is 0 Å². The molecule has 0 saturated heterocycles. The predicted molar refractivity (Wildman–Crippen MR) is 89.0 cm³/mol. The van der Waals surface area contributed by atoms with Gasteiger partial charge in [0.1, 0.15) is 0 Å². The number of aryl methyl sites for hydroxylation is 1. The van der Waals surface area contributed by atoms with Crippen LogP contribution in [0.5, 0.6) is 0 Å². The van der Waals surface area contributed by atoms with Gasteiger partial charge in [0.15, 0.2) is 0 Å². The van der Waals surface area contributed by atoms with Crippen molar-refractivity contribution in [1.82, 2.24) is 5.32 Å². The van der Waals surface area contributed by atoms with Crippen molar-refractivity contribution in [2.75, 3.05) is 6.54 Å². The van der Waals surface area contributed by atoms with Crippen LogP contribution in [0.1, 0.15) is 23.6 Å². The fourth-order valence-electron chi connectivity index (χ4n) is 2.20. The third-order valence-electron chi connectivity index (χ3n) is 3.60. The summed E-state index contributed by atoms with van der Waals surface area (Å²) in [6, 6.07) is 15.3. The molecule has 0 aliphatic rings.